The molecule has 2 rings (SSSR count). The van der Waals surface area contributed by atoms with Crippen LogP contribution in [0, 0.1) is 5.92 Å². The maximum Gasteiger partial charge on any atom is 0.314 e. The van der Waals surface area contributed by atoms with Gasteiger partial charge in [-0.25, -0.2) is 0 Å². The number of rotatable bonds is 15. The molecule has 0 fully saturated rings. The van der Waals surface area contributed by atoms with Crippen molar-refractivity contribution in [3.63, 3.8) is 0 Å². The number of esters is 1. The molecule has 2 nitrogen and oxygen atoms in total. The molecule has 2 aromatic carbocycles. The summed E-state index contributed by atoms with van der Waals surface area (Å²) in [5, 5.41) is 0. The third kappa shape index (κ3) is 9.15. The van der Waals surface area contributed by atoms with Gasteiger partial charge in [0.25, 0.3) is 0 Å². The van der Waals surface area contributed by atoms with Gasteiger partial charge in [0.1, 0.15) is 5.75 Å². The Morgan fingerprint density at radius 1 is 0.700 bits per heavy atom. The summed E-state index contributed by atoms with van der Waals surface area (Å²) in [6.45, 7) is 4.47. The van der Waals surface area contributed by atoms with E-state index in [-0.39, 0.29) is 11.9 Å². The minimum absolute atomic E-state index is 0.0217. The fourth-order valence-electron chi connectivity index (χ4n) is 3.94. The van der Waals surface area contributed by atoms with Crippen molar-refractivity contribution in [2.45, 2.75) is 90.9 Å². The summed E-state index contributed by atoms with van der Waals surface area (Å²) in [4.78, 5) is 13.0. The molecule has 2 heteroatoms. The highest BCUT2D eigenvalue weighted by molar-refractivity contribution is 5.76. The van der Waals surface area contributed by atoms with Gasteiger partial charge in [0.2, 0.25) is 0 Å². The van der Waals surface area contributed by atoms with Gasteiger partial charge in [0, 0.05) is 0 Å². The lowest BCUT2D eigenvalue weighted by Crippen LogP contribution is -2.21. The third-order valence-corrected chi connectivity index (χ3v) is 5.81. The molecule has 30 heavy (non-hydrogen) atoms. The quantitative estimate of drug-likeness (QED) is 0.167. The monoisotopic (exact) mass is 408 g/mol. The van der Waals surface area contributed by atoms with Crippen LogP contribution in [0.4, 0.5) is 0 Å². The van der Waals surface area contributed by atoms with E-state index in [2.05, 4.69) is 32.0 Å². The summed E-state index contributed by atoms with van der Waals surface area (Å²) < 4.78 is 5.85. The largest absolute Gasteiger partial charge is 0.426 e. The fraction of sp³-hybridized carbons (Fsp3) is 0.536. The van der Waals surface area contributed by atoms with E-state index in [1.165, 1.54) is 51.4 Å². The topological polar surface area (TPSA) is 26.3 Å². The first-order chi connectivity index (χ1) is 14.7. The van der Waals surface area contributed by atoms with E-state index in [0.29, 0.717) is 5.75 Å². The van der Waals surface area contributed by atoms with Crippen LogP contribution in [0.1, 0.15) is 90.9 Å². The molecule has 0 aliphatic rings. The second-order valence-electron chi connectivity index (χ2n) is 8.42. The second kappa shape index (κ2) is 14.8. The van der Waals surface area contributed by atoms with E-state index < -0.39 is 0 Å². The standard InChI is InChI=1S/C28H40O2/c1-3-5-7-9-10-13-20-25(19-12-8-6-4-2)28(29)30-27-22-16-21-26(23-27)24-17-14-11-15-18-24/h11,14-18,21-23,25H,3-10,12-13,19-20H2,1-2H3. The molecule has 164 valence electrons. The van der Waals surface area contributed by atoms with Crippen LogP contribution in [-0.4, -0.2) is 5.97 Å². The van der Waals surface area contributed by atoms with Crippen LogP contribution >= 0.6 is 0 Å². The molecule has 0 aliphatic heterocycles. The fourth-order valence-corrected chi connectivity index (χ4v) is 3.94. The Kier molecular flexibility index (Phi) is 11.9. The highest BCUT2D eigenvalue weighted by Crippen LogP contribution is 2.26. The summed E-state index contributed by atoms with van der Waals surface area (Å²) in [6, 6.07) is 18.1. The average molecular weight is 409 g/mol. The molecule has 0 bridgehead atoms. The van der Waals surface area contributed by atoms with Crippen molar-refractivity contribution in [3.05, 3.63) is 54.6 Å². The van der Waals surface area contributed by atoms with E-state index in [4.69, 9.17) is 4.74 Å². The Labute approximate surface area is 184 Å². The SMILES string of the molecule is CCCCCCCCC(CCCCCC)C(=O)Oc1cccc(-c2ccccc2)c1. The minimum Gasteiger partial charge on any atom is -0.426 e. The van der Waals surface area contributed by atoms with Gasteiger partial charge in [0.15, 0.2) is 0 Å². The van der Waals surface area contributed by atoms with E-state index in [9.17, 15) is 4.79 Å². The van der Waals surface area contributed by atoms with Gasteiger partial charge in [-0.05, 0) is 36.1 Å². The van der Waals surface area contributed by atoms with Crippen LogP contribution in [0.15, 0.2) is 54.6 Å². The molecule has 0 heterocycles. The van der Waals surface area contributed by atoms with Gasteiger partial charge in [-0.3, -0.25) is 4.79 Å². The van der Waals surface area contributed by atoms with Gasteiger partial charge in [-0.15, -0.1) is 0 Å². The average Bonchev–Trinajstić information content (AvgIpc) is 2.78. The molecule has 0 N–H and O–H groups in total. The van der Waals surface area contributed by atoms with Crippen LogP contribution in [0.3, 0.4) is 0 Å². The summed E-state index contributed by atoms with van der Waals surface area (Å²) in [5.41, 5.74) is 2.22. The first kappa shape index (κ1) is 24.2. The van der Waals surface area contributed by atoms with Gasteiger partial charge in [0.05, 0.1) is 5.92 Å². The lowest BCUT2D eigenvalue weighted by molar-refractivity contribution is -0.139. The molecule has 0 amide bonds. The number of unbranched alkanes of at least 4 members (excludes halogenated alkanes) is 8. The van der Waals surface area contributed by atoms with Gasteiger partial charge in [-0.2, -0.15) is 0 Å². The Morgan fingerprint density at radius 3 is 1.93 bits per heavy atom. The van der Waals surface area contributed by atoms with Crippen molar-refractivity contribution in [1.82, 2.24) is 0 Å². The van der Waals surface area contributed by atoms with E-state index in [1.54, 1.807) is 0 Å². The van der Waals surface area contributed by atoms with Crippen molar-refractivity contribution < 1.29 is 9.53 Å². The molecule has 0 aliphatic carbocycles. The molecule has 0 spiro atoms. The van der Waals surface area contributed by atoms with E-state index in [0.717, 1.165) is 36.8 Å². The second-order valence-corrected chi connectivity index (χ2v) is 8.42. The van der Waals surface area contributed by atoms with Crippen molar-refractivity contribution >= 4 is 5.97 Å². The van der Waals surface area contributed by atoms with Crippen LogP contribution < -0.4 is 4.74 Å². The first-order valence-electron chi connectivity index (χ1n) is 12.1. The molecule has 2 aromatic rings. The lowest BCUT2D eigenvalue weighted by atomic mass is 9.94. The molecular formula is C28H40O2. The highest BCUT2D eigenvalue weighted by Gasteiger charge is 2.20. The van der Waals surface area contributed by atoms with Crippen LogP contribution in [0.25, 0.3) is 11.1 Å². The van der Waals surface area contributed by atoms with Crippen molar-refractivity contribution in [2.24, 2.45) is 5.92 Å². The number of hydrogen-bond donors (Lipinski definition) is 0. The molecule has 1 atom stereocenters. The number of ether oxygens (including phenoxy) is 1. The van der Waals surface area contributed by atoms with Crippen molar-refractivity contribution in [3.8, 4) is 16.9 Å². The highest BCUT2D eigenvalue weighted by atomic mass is 16.5. The predicted octanol–water partition coefficient (Wildman–Crippen LogP) is 8.60. The van der Waals surface area contributed by atoms with Crippen molar-refractivity contribution in [1.29, 1.82) is 0 Å². The summed E-state index contributed by atoms with van der Waals surface area (Å²) in [5.74, 6) is 0.626. The zero-order valence-electron chi connectivity index (χ0n) is 19.1. The number of carbonyl (C=O) groups excluding carboxylic acids is 1. The smallest absolute Gasteiger partial charge is 0.314 e. The molecule has 0 saturated carbocycles. The van der Waals surface area contributed by atoms with E-state index in [1.807, 2.05) is 36.4 Å². The Hall–Kier alpha value is -2.09. The number of benzene rings is 2. The minimum atomic E-state index is -0.0507. The normalized spacial score (nSPS) is 11.9. The predicted molar refractivity (Wildman–Crippen MR) is 128 cm³/mol. The Bertz CT molecular complexity index is 708. The van der Waals surface area contributed by atoms with Crippen LogP contribution in [0.5, 0.6) is 5.75 Å². The summed E-state index contributed by atoms with van der Waals surface area (Å²) in [7, 11) is 0. The maximum atomic E-state index is 13.0. The Balaban J connectivity index is 1.93. The number of hydrogen-bond acceptors (Lipinski definition) is 2. The summed E-state index contributed by atoms with van der Waals surface area (Å²) >= 11 is 0. The van der Waals surface area contributed by atoms with Gasteiger partial charge in [-0.1, -0.05) is 121 Å². The number of carbonyl (C=O) groups is 1. The van der Waals surface area contributed by atoms with E-state index >= 15 is 0 Å². The van der Waals surface area contributed by atoms with Crippen LogP contribution in [0.2, 0.25) is 0 Å². The molecule has 0 aromatic heterocycles. The summed E-state index contributed by atoms with van der Waals surface area (Å²) in [6.07, 6.45) is 14.2. The molecule has 0 radical (unpaired) electrons. The zero-order chi connectivity index (χ0) is 21.4. The zero-order valence-corrected chi connectivity index (χ0v) is 19.1. The van der Waals surface area contributed by atoms with Gasteiger partial charge >= 0.3 is 5.97 Å². The van der Waals surface area contributed by atoms with Gasteiger partial charge < -0.3 is 4.74 Å². The maximum absolute atomic E-state index is 13.0. The van der Waals surface area contributed by atoms with Crippen LogP contribution in [-0.2, 0) is 4.79 Å². The molecular weight excluding hydrogens is 368 g/mol. The van der Waals surface area contributed by atoms with Crippen molar-refractivity contribution in [2.75, 3.05) is 0 Å². The molecule has 0 saturated heterocycles. The third-order valence-electron chi connectivity index (χ3n) is 5.81. The first-order valence-corrected chi connectivity index (χ1v) is 12.1. The Morgan fingerprint density at radius 2 is 1.27 bits per heavy atom. The lowest BCUT2D eigenvalue weighted by Gasteiger charge is -2.16. The molecule has 1 unspecified atom stereocenters.